The van der Waals surface area contributed by atoms with Crippen LogP contribution in [0, 0.1) is 19.8 Å². The molecule has 0 fully saturated rings. The number of rotatable bonds is 9. The molecule has 4 aromatic rings. The number of benzene rings is 2. The van der Waals surface area contributed by atoms with Crippen LogP contribution in [0.4, 0.5) is 0 Å². The molecule has 0 radical (unpaired) electrons. The van der Waals surface area contributed by atoms with E-state index in [0.29, 0.717) is 19.6 Å². The summed E-state index contributed by atoms with van der Waals surface area (Å²) in [6.45, 7) is 6.01. The summed E-state index contributed by atoms with van der Waals surface area (Å²) >= 11 is 0. The molecular weight excluding hydrogens is 532 g/mol. The molecule has 1 amide bonds. The van der Waals surface area contributed by atoms with Gasteiger partial charge in [-0.2, -0.15) is 0 Å². The summed E-state index contributed by atoms with van der Waals surface area (Å²) in [5.74, 6) is 0.116. The number of aryl methyl sites for hydroxylation is 4. The monoisotopic (exact) mass is 574 g/mol. The Morgan fingerprint density at radius 1 is 0.930 bits per heavy atom. The molecule has 2 N–H and O–H groups in total. The van der Waals surface area contributed by atoms with Crippen molar-refractivity contribution < 1.29 is 9.90 Å². The molecule has 6 heteroatoms. The maximum absolute atomic E-state index is 13.1. The SMILES string of the molecule is Cc1cnc(CN(Cc2ccc(CNC(=O)C3CCc4ccccc4C3)cc2CO)C2CCCc3cccnc32)c(C)c1. The molecule has 0 aliphatic heterocycles. The number of nitrogens with zero attached hydrogens (tertiary/aromatic N) is 3. The minimum atomic E-state index is -0.0499. The smallest absolute Gasteiger partial charge is 0.223 e. The Hall–Kier alpha value is -3.87. The molecule has 2 atom stereocenters. The summed E-state index contributed by atoms with van der Waals surface area (Å²) in [5, 5.41) is 13.6. The van der Waals surface area contributed by atoms with Crippen LogP contribution in [0.5, 0.6) is 0 Å². The summed E-state index contributed by atoms with van der Waals surface area (Å²) in [7, 11) is 0. The van der Waals surface area contributed by atoms with Gasteiger partial charge in [-0.25, -0.2) is 0 Å². The van der Waals surface area contributed by atoms with Crippen LogP contribution >= 0.6 is 0 Å². The first kappa shape index (κ1) is 29.2. The van der Waals surface area contributed by atoms with E-state index in [2.05, 4.69) is 72.6 Å². The highest BCUT2D eigenvalue weighted by Gasteiger charge is 2.29. The number of carbonyl (C=O) groups excluding carboxylic acids is 1. The molecule has 2 aliphatic carbocycles. The summed E-state index contributed by atoms with van der Waals surface area (Å²) in [6, 6.07) is 21.3. The Labute approximate surface area is 255 Å². The molecular formula is C37H42N4O2. The van der Waals surface area contributed by atoms with Gasteiger partial charge in [0, 0.05) is 37.9 Å². The van der Waals surface area contributed by atoms with E-state index in [0.717, 1.165) is 72.2 Å². The maximum Gasteiger partial charge on any atom is 0.223 e. The molecule has 6 nitrogen and oxygen atoms in total. The lowest BCUT2D eigenvalue weighted by molar-refractivity contribution is -0.125. The zero-order valence-electron chi connectivity index (χ0n) is 25.4. The molecule has 0 bridgehead atoms. The third-order valence-electron chi connectivity index (χ3n) is 9.28. The zero-order chi connectivity index (χ0) is 29.8. The Balaban J connectivity index is 1.19. The average molecular weight is 575 g/mol. The molecule has 2 heterocycles. The van der Waals surface area contributed by atoms with Crippen molar-refractivity contribution in [2.75, 3.05) is 0 Å². The predicted octanol–water partition coefficient (Wildman–Crippen LogP) is 6.09. The number of carbonyl (C=O) groups is 1. The largest absolute Gasteiger partial charge is 0.392 e. The van der Waals surface area contributed by atoms with Gasteiger partial charge in [0.15, 0.2) is 0 Å². The first-order valence-electron chi connectivity index (χ1n) is 15.6. The van der Waals surface area contributed by atoms with Gasteiger partial charge >= 0.3 is 0 Å². The van der Waals surface area contributed by atoms with E-state index in [1.54, 1.807) is 0 Å². The first-order chi connectivity index (χ1) is 21.0. The average Bonchev–Trinajstić information content (AvgIpc) is 3.04. The number of nitrogens with one attached hydrogen (secondary N) is 1. The molecule has 2 aromatic carbocycles. The molecule has 2 aliphatic rings. The van der Waals surface area contributed by atoms with E-state index in [4.69, 9.17) is 9.97 Å². The van der Waals surface area contributed by atoms with Crippen molar-refractivity contribution in [1.82, 2.24) is 20.2 Å². The van der Waals surface area contributed by atoms with Crippen LogP contribution in [0.3, 0.4) is 0 Å². The lowest BCUT2D eigenvalue weighted by Gasteiger charge is -2.35. The normalized spacial score (nSPS) is 17.8. The number of hydrogen-bond donors (Lipinski definition) is 2. The molecule has 0 saturated carbocycles. The Morgan fingerprint density at radius 2 is 1.77 bits per heavy atom. The Morgan fingerprint density at radius 3 is 2.60 bits per heavy atom. The van der Waals surface area contributed by atoms with E-state index < -0.39 is 0 Å². The van der Waals surface area contributed by atoms with E-state index in [1.165, 1.54) is 22.3 Å². The van der Waals surface area contributed by atoms with Crippen LogP contribution < -0.4 is 5.32 Å². The van der Waals surface area contributed by atoms with Crippen LogP contribution in [-0.2, 0) is 50.3 Å². The van der Waals surface area contributed by atoms with E-state index in [9.17, 15) is 9.90 Å². The third-order valence-corrected chi connectivity index (χ3v) is 9.28. The minimum Gasteiger partial charge on any atom is -0.392 e. The fourth-order valence-electron chi connectivity index (χ4n) is 6.88. The van der Waals surface area contributed by atoms with Gasteiger partial charge in [0.1, 0.15) is 0 Å². The molecule has 2 unspecified atom stereocenters. The second-order valence-corrected chi connectivity index (χ2v) is 12.3. The number of amides is 1. The molecule has 2 aromatic heterocycles. The number of hydrogen-bond acceptors (Lipinski definition) is 5. The van der Waals surface area contributed by atoms with Gasteiger partial charge in [-0.15, -0.1) is 0 Å². The predicted molar refractivity (Wildman–Crippen MR) is 169 cm³/mol. The van der Waals surface area contributed by atoms with Crippen LogP contribution in [0.2, 0.25) is 0 Å². The number of fused-ring (bicyclic) bond motifs is 2. The summed E-state index contributed by atoms with van der Waals surface area (Å²) in [5.41, 5.74) is 11.6. The van der Waals surface area contributed by atoms with Crippen molar-refractivity contribution in [3.05, 3.63) is 129 Å². The van der Waals surface area contributed by atoms with Crippen molar-refractivity contribution in [2.24, 2.45) is 5.92 Å². The highest BCUT2D eigenvalue weighted by Crippen LogP contribution is 2.35. The van der Waals surface area contributed by atoms with Crippen molar-refractivity contribution in [2.45, 2.75) is 84.7 Å². The van der Waals surface area contributed by atoms with Gasteiger partial charge < -0.3 is 10.4 Å². The summed E-state index contributed by atoms with van der Waals surface area (Å²) < 4.78 is 0. The Kier molecular flexibility index (Phi) is 8.96. The van der Waals surface area contributed by atoms with Crippen molar-refractivity contribution in [1.29, 1.82) is 0 Å². The molecule has 6 rings (SSSR count). The lowest BCUT2D eigenvalue weighted by atomic mass is 9.83. The van der Waals surface area contributed by atoms with Crippen molar-refractivity contribution in [3.63, 3.8) is 0 Å². The van der Waals surface area contributed by atoms with Crippen molar-refractivity contribution >= 4 is 5.91 Å². The van der Waals surface area contributed by atoms with Crippen LogP contribution in [0.15, 0.2) is 73.1 Å². The van der Waals surface area contributed by atoms with E-state index in [1.807, 2.05) is 24.5 Å². The standard InChI is InChI=1S/C37H42N4O2/c1-25-17-26(2)34(39-20-25)23-41(35-11-5-9-29-10-6-16-38-36(29)35)22-32-13-12-27(18-33(32)24-42)21-40-37(43)31-15-14-28-7-3-4-8-30(28)19-31/h3-4,6-8,10,12-13,16-18,20,31,35,42H,5,9,11,14-15,19,21-24H2,1-2H3,(H,40,43). The highest BCUT2D eigenvalue weighted by atomic mass is 16.3. The third kappa shape index (κ3) is 6.71. The number of aromatic nitrogens is 2. The van der Waals surface area contributed by atoms with Gasteiger partial charge in [0.25, 0.3) is 0 Å². The van der Waals surface area contributed by atoms with E-state index in [-0.39, 0.29) is 24.5 Å². The highest BCUT2D eigenvalue weighted by molar-refractivity contribution is 5.79. The fourth-order valence-corrected chi connectivity index (χ4v) is 6.88. The molecule has 43 heavy (non-hydrogen) atoms. The molecule has 0 spiro atoms. The van der Waals surface area contributed by atoms with Gasteiger partial charge in [-0.05, 0) is 103 Å². The second kappa shape index (κ2) is 13.2. The van der Waals surface area contributed by atoms with Crippen LogP contribution in [0.1, 0.15) is 81.2 Å². The number of aliphatic hydroxyl groups excluding tert-OH is 1. The van der Waals surface area contributed by atoms with Crippen molar-refractivity contribution in [3.8, 4) is 0 Å². The lowest BCUT2D eigenvalue weighted by Crippen LogP contribution is -2.34. The minimum absolute atomic E-state index is 0.00543. The van der Waals surface area contributed by atoms with Gasteiger partial charge in [0.05, 0.1) is 24.0 Å². The Bertz CT molecular complexity index is 1600. The molecule has 222 valence electrons. The number of pyridine rings is 2. The van der Waals surface area contributed by atoms with Gasteiger partial charge in [-0.3, -0.25) is 19.7 Å². The fraction of sp³-hybridized carbons (Fsp3) is 0.378. The zero-order valence-corrected chi connectivity index (χ0v) is 25.4. The maximum atomic E-state index is 13.1. The first-order valence-corrected chi connectivity index (χ1v) is 15.6. The van der Waals surface area contributed by atoms with Gasteiger partial charge in [-0.1, -0.05) is 54.6 Å². The van der Waals surface area contributed by atoms with Gasteiger partial charge in [0.2, 0.25) is 5.91 Å². The van der Waals surface area contributed by atoms with Crippen LogP contribution in [0.25, 0.3) is 0 Å². The quantitative estimate of drug-likeness (QED) is 0.253. The number of aliphatic hydroxyl groups is 1. The second-order valence-electron chi connectivity index (χ2n) is 12.3. The summed E-state index contributed by atoms with van der Waals surface area (Å²) in [6.07, 6.45) is 9.71. The topological polar surface area (TPSA) is 78.4 Å². The van der Waals surface area contributed by atoms with E-state index >= 15 is 0 Å². The van der Waals surface area contributed by atoms with Crippen LogP contribution in [-0.4, -0.2) is 25.9 Å². The molecule has 0 saturated heterocycles. The summed E-state index contributed by atoms with van der Waals surface area (Å²) in [4.78, 5) is 25.2.